The Morgan fingerprint density at radius 1 is 0.848 bits per heavy atom. The third kappa shape index (κ3) is 4.06. The van der Waals surface area contributed by atoms with Gasteiger partial charge < -0.3 is 10.1 Å². The lowest BCUT2D eigenvalue weighted by molar-refractivity contribution is -0.384. The Bertz CT molecular complexity index is 1150. The molecule has 0 fully saturated rings. The van der Waals surface area contributed by atoms with Crippen molar-refractivity contribution in [3.63, 3.8) is 0 Å². The van der Waals surface area contributed by atoms with Gasteiger partial charge in [0.2, 0.25) is 0 Å². The third-order valence-electron chi connectivity index (χ3n) is 6.56. The summed E-state index contributed by atoms with van der Waals surface area (Å²) in [5.74, 6) is 0.578. The van der Waals surface area contributed by atoms with E-state index in [1.165, 1.54) is 12.1 Å². The van der Waals surface area contributed by atoms with Gasteiger partial charge in [-0.15, -0.1) is 0 Å². The average molecular weight is 444 g/mol. The minimum Gasteiger partial charge on any atom is -0.489 e. The molecule has 33 heavy (non-hydrogen) atoms. The van der Waals surface area contributed by atoms with Gasteiger partial charge in [-0.2, -0.15) is 0 Å². The van der Waals surface area contributed by atoms with Crippen molar-refractivity contribution in [2.45, 2.75) is 51.0 Å². The molecule has 2 aromatic carbocycles. The van der Waals surface area contributed by atoms with Crippen LogP contribution in [0.15, 0.2) is 71.1 Å². The van der Waals surface area contributed by atoms with Crippen LogP contribution in [0.4, 0.5) is 5.69 Å². The number of Topliss-reactive ketones (excluding diaryl/α,β-unsaturated/α-hetero) is 2. The number of carbonyl (C=O) groups is 2. The van der Waals surface area contributed by atoms with Crippen molar-refractivity contribution in [2.75, 3.05) is 0 Å². The predicted molar refractivity (Wildman–Crippen MR) is 122 cm³/mol. The van der Waals surface area contributed by atoms with E-state index in [0.717, 1.165) is 59.4 Å². The molecule has 0 saturated carbocycles. The highest BCUT2D eigenvalue weighted by Crippen LogP contribution is 2.45. The molecule has 0 aromatic heterocycles. The van der Waals surface area contributed by atoms with Gasteiger partial charge in [0.1, 0.15) is 12.4 Å². The van der Waals surface area contributed by atoms with Crippen LogP contribution in [0, 0.1) is 10.1 Å². The molecule has 0 bridgehead atoms. The zero-order valence-corrected chi connectivity index (χ0v) is 18.1. The number of nitrogens with zero attached hydrogens (tertiary/aromatic N) is 1. The maximum Gasteiger partial charge on any atom is 0.269 e. The summed E-state index contributed by atoms with van der Waals surface area (Å²) in [5.41, 5.74) is 5.23. The van der Waals surface area contributed by atoms with Crippen LogP contribution >= 0.6 is 0 Å². The average Bonchev–Trinajstić information content (AvgIpc) is 2.82. The Morgan fingerprint density at radius 3 is 1.97 bits per heavy atom. The van der Waals surface area contributed by atoms with Gasteiger partial charge in [-0.05, 0) is 61.1 Å². The number of nitro groups is 1. The van der Waals surface area contributed by atoms with Crippen LogP contribution in [0.3, 0.4) is 0 Å². The zero-order chi connectivity index (χ0) is 22.9. The molecule has 0 atom stereocenters. The van der Waals surface area contributed by atoms with Gasteiger partial charge >= 0.3 is 0 Å². The Hall–Kier alpha value is -3.74. The summed E-state index contributed by atoms with van der Waals surface area (Å²) in [7, 11) is 0. The molecular formula is C26H24N2O5. The molecule has 0 saturated heterocycles. The minimum atomic E-state index is -0.431. The lowest BCUT2D eigenvalue weighted by atomic mass is 9.71. The van der Waals surface area contributed by atoms with Crippen LogP contribution in [0.1, 0.15) is 55.6 Å². The van der Waals surface area contributed by atoms with E-state index in [9.17, 15) is 19.7 Å². The molecule has 2 aliphatic carbocycles. The van der Waals surface area contributed by atoms with Crippen molar-refractivity contribution in [1.82, 2.24) is 5.32 Å². The molecule has 1 N–H and O–H groups in total. The summed E-state index contributed by atoms with van der Waals surface area (Å²) in [6, 6.07) is 13.8. The number of benzene rings is 2. The minimum absolute atomic E-state index is 0.0435. The molecular weight excluding hydrogens is 420 g/mol. The molecule has 0 spiro atoms. The maximum absolute atomic E-state index is 12.9. The predicted octanol–water partition coefficient (Wildman–Crippen LogP) is 4.87. The number of rotatable bonds is 5. The summed E-state index contributed by atoms with van der Waals surface area (Å²) in [4.78, 5) is 36.1. The van der Waals surface area contributed by atoms with Crippen LogP contribution in [-0.4, -0.2) is 16.5 Å². The lowest BCUT2D eigenvalue weighted by Gasteiger charge is -2.37. The van der Waals surface area contributed by atoms with Crippen LogP contribution < -0.4 is 10.1 Å². The Morgan fingerprint density at radius 2 is 1.42 bits per heavy atom. The lowest BCUT2D eigenvalue weighted by Crippen LogP contribution is -2.36. The Balaban J connectivity index is 1.39. The number of hydrogen-bond acceptors (Lipinski definition) is 6. The van der Waals surface area contributed by atoms with Crippen molar-refractivity contribution < 1.29 is 19.2 Å². The Labute approximate surface area is 191 Å². The maximum atomic E-state index is 12.9. The second-order valence-electron chi connectivity index (χ2n) is 8.68. The zero-order valence-electron chi connectivity index (χ0n) is 18.1. The van der Waals surface area contributed by atoms with Gasteiger partial charge in [-0.25, -0.2) is 0 Å². The topological polar surface area (TPSA) is 98.5 Å². The summed E-state index contributed by atoms with van der Waals surface area (Å²) in [5, 5.41) is 14.2. The van der Waals surface area contributed by atoms with Crippen molar-refractivity contribution in [3.05, 3.63) is 92.3 Å². The molecule has 1 aliphatic heterocycles. The largest absolute Gasteiger partial charge is 0.489 e. The van der Waals surface area contributed by atoms with Gasteiger partial charge in [0.25, 0.3) is 5.69 Å². The number of ketones is 2. The fraction of sp³-hybridized carbons (Fsp3) is 0.308. The van der Waals surface area contributed by atoms with Crippen LogP contribution in [0.5, 0.6) is 5.75 Å². The first-order valence-corrected chi connectivity index (χ1v) is 11.3. The molecule has 1 heterocycles. The molecule has 0 amide bonds. The molecule has 5 rings (SSSR count). The van der Waals surface area contributed by atoms with E-state index in [-0.39, 0.29) is 29.8 Å². The molecule has 3 aliphatic rings. The first-order chi connectivity index (χ1) is 16.0. The molecule has 0 unspecified atom stereocenters. The Kier molecular flexibility index (Phi) is 5.54. The number of dihydropyridines is 1. The number of ether oxygens (including phenoxy) is 1. The monoisotopic (exact) mass is 444 g/mol. The van der Waals surface area contributed by atoms with Gasteiger partial charge in [0, 0.05) is 53.4 Å². The van der Waals surface area contributed by atoms with Crippen LogP contribution in [0.25, 0.3) is 0 Å². The van der Waals surface area contributed by atoms with E-state index < -0.39 is 4.92 Å². The van der Waals surface area contributed by atoms with Crippen molar-refractivity contribution in [3.8, 4) is 5.75 Å². The number of carbonyl (C=O) groups excluding carboxylic acids is 2. The summed E-state index contributed by atoms with van der Waals surface area (Å²) in [6.45, 7) is 0.284. The second kappa shape index (κ2) is 8.65. The second-order valence-corrected chi connectivity index (χ2v) is 8.68. The van der Waals surface area contributed by atoms with Crippen LogP contribution in [0.2, 0.25) is 0 Å². The smallest absolute Gasteiger partial charge is 0.269 e. The highest BCUT2D eigenvalue weighted by molar-refractivity contribution is 6.06. The van der Waals surface area contributed by atoms with Crippen molar-refractivity contribution in [1.29, 1.82) is 0 Å². The molecule has 168 valence electrons. The van der Waals surface area contributed by atoms with E-state index in [0.29, 0.717) is 18.6 Å². The number of allylic oxidation sites excluding steroid dienone is 4. The summed E-state index contributed by atoms with van der Waals surface area (Å²) in [6.07, 6.45) is 4.37. The quantitative estimate of drug-likeness (QED) is 0.522. The number of nitro benzene ring substituents is 1. The van der Waals surface area contributed by atoms with E-state index >= 15 is 0 Å². The van der Waals surface area contributed by atoms with Gasteiger partial charge in [-0.1, -0.05) is 12.1 Å². The fourth-order valence-corrected chi connectivity index (χ4v) is 4.95. The van der Waals surface area contributed by atoms with Gasteiger partial charge in [0.05, 0.1) is 4.92 Å². The van der Waals surface area contributed by atoms with Crippen LogP contribution in [-0.2, 0) is 16.2 Å². The van der Waals surface area contributed by atoms with Gasteiger partial charge in [-0.3, -0.25) is 19.7 Å². The van der Waals surface area contributed by atoms with Crippen molar-refractivity contribution in [2.24, 2.45) is 0 Å². The summed E-state index contributed by atoms with van der Waals surface area (Å²) < 4.78 is 5.85. The van der Waals surface area contributed by atoms with E-state index in [4.69, 9.17) is 4.74 Å². The molecule has 2 aromatic rings. The van der Waals surface area contributed by atoms with Gasteiger partial charge in [0.15, 0.2) is 11.6 Å². The molecule has 7 nitrogen and oxygen atoms in total. The first kappa shape index (κ1) is 21.1. The highest BCUT2D eigenvalue weighted by atomic mass is 16.6. The highest BCUT2D eigenvalue weighted by Gasteiger charge is 2.40. The fourth-order valence-electron chi connectivity index (χ4n) is 4.95. The number of non-ortho nitro benzene ring substituents is 1. The first-order valence-electron chi connectivity index (χ1n) is 11.3. The standard InChI is InChI=1S/C26H24N2O5/c29-22-5-1-3-20-25(22)24(26-21(27-20)4-2-6-23(26)30)17-9-13-19(14-10-17)33-15-16-7-11-18(12-8-16)28(31)32/h7-14,24,27H,1-6,15H2. The number of hydrogen-bond donors (Lipinski definition) is 1. The number of nitrogens with one attached hydrogen (secondary N) is 1. The van der Waals surface area contributed by atoms with E-state index in [1.807, 2.05) is 24.3 Å². The van der Waals surface area contributed by atoms with E-state index in [2.05, 4.69) is 5.32 Å². The molecule has 0 radical (unpaired) electrons. The van der Waals surface area contributed by atoms with E-state index in [1.54, 1.807) is 12.1 Å². The third-order valence-corrected chi connectivity index (χ3v) is 6.56. The summed E-state index contributed by atoms with van der Waals surface area (Å²) >= 11 is 0. The van der Waals surface area contributed by atoms with Crippen molar-refractivity contribution >= 4 is 17.3 Å². The normalized spacial score (nSPS) is 18.5. The SMILES string of the molecule is O=C1CCCC2=C1C(c1ccc(OCc3ccc([N+](=O)[O-])cc3)cc1)C1=C(CCCC1=O)N2. The molecule has 7 heteroatoms.